The summed E-state index contributed by atoms with van der Waals surface area (Å²) >= 11 is 0. The molecular weight excluding hydrogens is 241 g/mol. The first-order valence-corrected chi connectivity index (χ1v) is 6.07. The third kappa shape index (κ3) is 2.81. The Morgan fingerprint density at radius 3 is 2.53 bits per heavy atom. The van der Waals surface area contributed by atoms with Crippen molar-refractivity contribution in [2.24, 2.45) is 5.16 Å². The molecule has 0 saturated carbocycles. The van der Waals surface area contributed by atoms with Gasteiger partial charge in [-0.25, -0.2) is 4.39 Å². The van der Waals surface area contributed by atoms with Crippen molar-refractivity contribution < 1.29 is 9.23 Å². The van der Waals surface area contributed by atoms with Crippen molar-refractivity contribution in [1.82, 2.24) is 0 Å². The van der Waals surface area contributed by atoms with E-state index in [2.05, 4.69) is 9.99 Å². The van der Waals surface area contributed by atoms with E-state index in [0.29, 0.717) is 11.3 Å². The number of halogens is 1. The highest BCUT2D eigenvalue weighted by Crippen LogP contribution is 2.25. The van der Waals surface area contributed by atoms with Gasteiger partial charge in [-0.2, -0.15) is 0 Å². The van der Waals surface area contributed by atoms with Crippen molar-refractivity contribution in [3.05, 3.63) is 59.4 Å². The van der Waals surface area contributed by atoms with Gasteiger partial charge in [-0.1, -0.05) is 35.5 Å². The molecule has 0 aliphatic heterocycles. The Bertz CT molecular complexity index is 620. The van der Waals surface area contributed by atoms with Gasteiger partial charge in [0.2, 0.25) is 0 Å². The first kappa shape index (κ1) is 13.3. The molecule has 0 radical (unpaired) electrons. The van der Waals surface area contributed by atoms with Crippen molar-refractivity contribution in [1.29, 1.82) is 0 Å². The minimum absolute atomic E-state index is 0.293. The second-order valence-electron chi connectivity index (χ2n) is 4.37. The zero-order valence-corrected chi connectivity index (χ0v) is 11.3. The molecule has 2 aromatic rings. The highest BCUT2D eigenvalue weighted by molar-refractivity contribution is 5.99. The third-order valence-electron chi connectivity index (χ3n) is 3.04. The van der Waals surface area contributed by atoms with Crippen molar-refractivity contribution in [3.63, 3.8) is 0 Å². The maximum Gasteiger partial charge on any atom is 0.132 e. The molecule has 0 atom stereocenters. The average molecular weight is 257 g/mol. The molecule has 0 saturated heterocycles. The molecule has 0 aliphatic carbocycles. The molecule has 0 spiro atoms. The van der Waals surface area contributed by atoms with E-state index in [0.717, 1.165) is 16.7 Å². The molecule has 0 unspecified atom stereocenters. The molecule has 0 fully saturated rings. The standard InChI is InChI=1S/C16H16FNO/c1-11-6-4-5-7-14(11)13-8-9-15(16(17)10-13)12(2)18-19-3/h4-10H,1-3H3/b18-12+. The second kappa shape index (κ2) is 5.65. The Morgan fingerprint density at radius 2 is 1.89 bits per heavy atom. The summed E-state index contributed by atoms with van der Waals surface area (Å²) in [6.07, 6.45) is 0. The monoisotopic (exact) mass is 257 g/mol. The van der Waals surface area contributed by atoms with Crippen LogP contribution in [0.2, 0.25) is 0 Å². The van der Waals surface area contributed by atoms with Gasteiger partial charge >= 0.3 is 0 Å². The van der Waals surface area contributed by atoms with Crippen molar-refractivity contribution in [2.75, 3.05) is 7.11 Å². The highest BCUT2D eigenvalue weighted by Gasteiger charge is 2.09. The molecule has 0 N–H and O–H groups in total. The van der Waals surface area contributed by atoms with Crippen LogP contribution in [0.5, 0.6) is 0 Å². The lowest BCUT2D eigenvalue weighted by atomic mass is 9.98. The molecule has 19 heavy (non-hydrogen) atoms. The zero-order chi connectivity index (χ0) is 13.8. The molecule has 2 rings (SSSR count). The number of oxime groups is 1. The first-order chi connectivity index (χ1) is 9.13. The Kier molecular flexibility index (Phi) is 3.95. The smallest absolute Gasteiger partial charge is 0.132 e. The number of hydrogen-bond acceptors (Lipinski definition) is 2. The maximum atomic E-state index is 14.1. The molecule has 2 aromatic carbocycles. The van der Waals surface area contributed by atoms with Crippen molar-refractivity contribution in [2.45, 2.75) is 13.8 Å². The minimum Gasteiger partial charge on any atom is -0.399 e. The lowest BCUT2D eigenvalue weighted by Gasteiger charge is -2.08. The highest BCUT2D eigenvalue weighted by atomic mass is 19.1. The van der Waals surface area contributed by atoms with E-state index in [1.54, 1.807) is 13.0 Å². The summed E-state index contributed by atoms with van der Waals surface area (Å²) < 4.78 is 14.1. The van der Waals surface area contributed by atoms with Gasteiger partial charge in [0.1, 0.15) is 12.9 Å². The van der Waals surface area contributed by atoms with Crippen molar-refractivity contribution in [3.8, 4) is 11.1 Å². The summed E-state index contributed by atoms with van der Waals surface area (Å²) in [5, 5.41) is 3.75. The molecule has 3 heteroatoms. The molecule has 0 aliphatic rings. The summed E-state index contributed by atoms with van der Waals surface area (Å²) in [6.45, 7) is 3.73. The van der Waals surface area contributed by atoms with E-state index in [9.17, 15) is 4.39 Å². The van der Waals surface area contributed by atoms with Gasteiger partial charge < -0.3 is 4.84 Å². The summed E-state index contributed by atoms with van der Waals surface area (Å²) in [4.78, 5) is 4.67. The molecule has 0 heterocycles. The fourth-order valence-corrected chi connectivity index (χ4v) is 2.06. The van der Waals surface area contributed by atoms with Crippen LogP contribution in [0.3, 0.4) is 0 Å². The van der Waals surface area contributed by atoms with Crippen LogP contribution in [0.4, 0.5) is 4.39 Å². The molecule has 0 amide bonds. The van der Waals surface area contributed by atoms with E-state index >= 15 is 0 Å². The van der Waals surface area contributed by atoms with Gasteiger partial charge in [-0.3, -0.25) is 0 Å². The first-order valence-electron chi connectivity index (χ1n) is 6.07. The fourth-order valence-electron chi connectivity index (χ4n) is 2.06. The maximum absolute atomic E-state index is 14.1. The van der Waals surface area contributed by atoms with Crippen LogP contribution < -0.4 is 0 Å². The van der Waals surface area contributed by atoms with Gasteiger partial charge in [0, 0.05) is 5.56 Å². The van der Waals surface area contributed by atoms with Gasteiger partial charge in [0.05, 0.1) is 5.71 Å². The van der Waals surface area contributed by atoms with Crippen LogP contribution >= 0.6 is 0 Å². The molecule has 2 nitrogen and oxygen atoms in total. The van der Waals surface area contributed by atoms with Crippen LogP contribution in [0, 0.1) is 12.7 Å². The average Bonchev–Trinajstić information content (AvgIpc) is 2.39. The zero-order valence-electron chi connectivity index (χ0n) is 11.3. The number of aryl methyl sites for hydroxylation is 1. The van der Waals surface area contributed by atoms with Crippen LogP contribution in [-0.4, -0.2) is 12.8 Å². The Balaban J connectivity index is 2.45. The number of rotatable bonds is 3. The summed E-state index contributed by atoms with van der Waals surface area (Å²) in [5.41, 5.74) is 4.01. The minimum atomic E-state index is -0.293. The van der Waals surface area contributed by atoms with Crippen molar-refractivity contribution >= 4 is 5.71 Å². The molecule has 0 bridgehead atoms. The Hall–Kier alpha value is -2.16. The molecule has 0 aromatic heterocycles. The predicted octanol–water partition coefficient (Wildman–Crippen LogP) is 4.17. The second-order valence-corrected chi connectivity index (χ2v) is 4.37. The molecular formula is C16H16FNO. The Morgan fingerprint density at radius 1 is 1.16 bits per heavy atom. The predicted molar refractivity (Wildman–Crippen MR) is 75.8 cm³/mol. The van der Waals surface area contributed by atoms with E-state index in [1.165, 1.54) is 13.2 Å². The van der Waals surface area contributed by atoms with Crippen LogP contribution in [0.1, 0.15) is 18.1 Å². The van der Waals surface area contributed by atoms with Gasteiger partial charge in [0.15, 0.2) is 0 Å². The van der Waals surface area contributed by atoms with E-state index in [4.69, 9.17) is 0 Å². The number of hydrogen-bond donors (Lipinski definition) is 0. The topological polar surface area (TPSA) is 21.6 Å². The summed E-state index contributed by atoms with van der Waals surface area (Å²) in [6, 6.07) is 13.1. The summed E-state index contributed by atoms with van der Waals surface area (Å²) in [5.74, 6) is -0.293. The van der Waals surface area contributed by atoms with Crippen LogP contribution in [-0.2, 0) is 4.84 Å². The number of nitrogens with zero attached hydrogens (tertiary/aromatic N) is 1. The quantitative estimate of drug-likeness (QED) is 0.597. The van der Waals surface area contributed by atoms with Gasteiger partial charge in [-0.05, 0) is 42.7 Å². The fraction of sp³-hybridized carbons (Fsp3) is 0.188. The summed E-state index contributed by atoms with van der Waals surface area (Å²) in [7, 11) is 1.45. The SMILES string of the molecule is CO/N=C(\C)c1ccc(-c2ccccc2C)cc1F. The van der Waals surface area contributed by atoms with Gasteiger partial charge in [0.25, 0.3) is 0 Å². The van der Waals surface area contributed by atoms with Gasteiger partial charge in [-0.15, -0.1) is 0 Å². The van der Waals surface area contributed by atoms with E-state index in [1.807, 2.05) is 37.3 Å². The lowest BCUT2D eigenvalue weighted by molar-refractivity contribution is 0.213. The van der Waals surface area contributed by atoms with Crippen LogP contribution in [0.15, 0.2) is 47.6 Å². The third-order valence-corrected chi connectivity index (χ3v) is 3.04. The van der Waals surface area contributed by atoms with Crippen LogP contribution in [0.25, 0.3) is 11.1 Å². The largest absolute Gasteiger partial charge is 0.399 e. The lowest BCUT2D eigenvalue weighted by Crippen LogP contribution is -2.00. The molecule has 98 valence electrons. The van der Waals surface area contributed by atoms with E-state index in [-0.39, 0.29) is 5.82 Å². The Labute approximate surface area is 112 Å². The number of benzene rings is 2. The van der Waals surface area contributed by atoms with E-state index < -0.39 is 0 Å². The normalized spacial score (nSPS) is 11.5.